The second-order valence-electron chi connectivity index (χ2n) is 5.00. The number of oxazole rings is 1. The summed E-state index contributed by atoms with van der Waals surface area (Å²) in [5, 5.41) is 5.52. The molecule has 0 saturated heterocycles. The van der Waals surface area contributed by atoms with Gasteiger partial charge in [-0.1, -0.05) is 24.3 Å². The molecular weight excluding hydrogens is 292 g/mol. The van der Waals surface area contributed by atoms with E-state index in [1.54, 1.807) is 11.3 Å². The smallest absolute Gasteiger partial charge is 0.227 e. The summed E-state index contributed by atoms with van der Waals surface area (Å²) < 4.78 is 5.82. The number of aromatic nitrogens is 1. The molecule has 2 aromatic heterocycles. The number of thiophene rings is 1. The first-order valence-corrected chi connectivity index (χ1v) is 7.99. The van der Waals surface area contributed by atoms with Crippen molar-refractivity contribution in [2.24, 2.45) is 0 Å². The minimum absolute atomic E-state index is 0.654. The van der Waals surface area contributed by atoms with E-state index in [0.29, 0.717) is 5.89 Å². The van der Waals surface area contributed by atoms with E-state index >= 15 is 0 Å². The molecule has 0 radical (unpaired) electrons. The molecule has 2 heterocycles. The Morgan fingerprint density at radius 2 is 1.95 bits per heavy atom. The molecule has 2 aromatic carbocycles. The molecule has 1 N–H and O–H groups in total. The highest BCUT2D eigenvalue weighted by molar-refractivity contribution is 7.09. The van der Waals surface area contributed by atoms with Crippen molar-refractivity contribution in [1.29, 1.82) is 0 Å². The second-order valence-corrected chi connectivity index (χ2v) is 6.03. The summed E-state index contributed by atoms with van der Waals surface area (Å²) >= 11 is 1.75. The molecule has 108 valence electrons. The van der Waals surface area contributed by atoms with Gasteiger partial charge < -0.3 is 9.73 Å². The highest BCUT2D eigenvalue weighted by Gasteiger charge is 2.08. The van der Waals surface area contributed by atoms with Gasteiger partial charge >= 0.3 is 0 Å². The van der Waals surface area contributed by atoms with Crippen LogP contribution >= 0.6 is 11.3 Å². The normalized spacial score (nSPS) is 10.9. The van der Waals surface area contributed by atoms with Gasteiger partial charge in [-0.15, -0.1) is 11.3 Å². The van der Waals surface area contributed by atoms with Crippen LogP contribution < -0.4 is 5.32 Å². The number of benzene rings is 2. The molecule has 4 rings (SSSR count). The number of hydrogen-bond acceptors (Lipinski definition) is 4. The first-order chi connectivity index (χ1) is 10.9. The predicted octanol–water partition coefficient (Wildman–Crippen LogP) is 5.17. The summed E-state index contributed by atoms with van der Waals surface area (Å²) in [6.45, 7) is 0.828. The molecule has 22 heavy (non-hydrogen) atoms. The first-order valence-electron chi connectivity index (χ1n) is 7.11. The minimum Gasteiger partial charge on any atom is -0.436 e. The fourth-order valence-electron chi connectivity index (χ4n) is 2.36. The van der Waals surface area contributed by atoms with Crippen LogP contribution in [0, 0.1) is 0 Å². The van der Waals surface area contributed by atoms with E-state index in [1.807, 2.05) is 36.4 Å². The summed E-state index contributed by atoms with van der Waals surface area (Å²) in [5.74, 6) is 0.654. The third-order valence-electron chi connectivity index (χ3n) is 3.45. The zero-order valence-corrected chi connectivity index (χ0v) is 12.6. The van der Waals surface area contributed by atoms with Gasteiger partial charge in [0, 0.05) is 22.7 Å². The van der Waals surface area contributed by atoms with Crippen LogP contribution in [-0.4, -0.2) is 4.98 Å². The van der Waals surface area contributed by atoms with E-state index in [4.69, 9.17) is 4.42 Å². The van der Waals surface area contributed by atoms with Crippen molar-refractivity contribution < 1.29 is 4.42 Å². The van der Waals surface area contributed by atoms with Gasteiger partial charge in [0.05, 0.1) is 0 Å². The third kappa shape index (κ3) is 2.61. The lowest BCUT2D eigenvalue weighted by atomic mass is 10.2. The van der Waals surface area contributed by atoms with E-state index < -0.39 is 0 Å². The van der Waals surface area contributed by atoms with Gasteiger partial charge in [-0.3, -0.25) is 0 Å². The molecule has 0 unspecified atom stereocenters. The average Bonchev–Trinajstić information content (AvgIpc) is 3.22. The van der Waals surface area contributed by atoms with Gasteiger partial charge in [0.15, 0.2) is 5.58 Å². The SMILES string of the molecule is c1cc(NCc2cccs2)cc(-c2nc3ccccc3o2)c1. The quantitative estimate of drug-likeness (QED) is 0.565. The molecule has 0 amide bonds. The molecule has 0 saturated carbocycles. The number of para-hydroxylation sites is 2. The zero-order chi connectivity index (χ0) is 14.8. The van der Waals surface area contributed by atoms with E-state index in [0.717, 1.165) is 28.9 Å². The second kappa shape index (κ2) is 5.66. The topological polar surface area (TPSA) is 38.1 Å². The maximum Gasteiger partial charge on any atom is 0.227 e. The van der Waals surface area contributed by atoms with Crippen molar-refractivity contribution in [3.8, 4) is 11.5 Å². The molecule has 0 fully saturated rings. The van der Waals surface area contributed by atoms with Gasteiger partial charge in [0.2, 0.25) is 5.89 Å². The van der Waals surface area contributed by atoms with Crippen LogP contribution in [-0.2, 0) is 6.54 Å². The van der Waals surface area contributed by atoms with Crippen LogP contribution in [0.1, 0.15) is 4.88 Å². The number of nitrogens with zero attached hydrogens (tertiary/aromatic N) is 1. The lowest BCUT2D eigenvalue weighted by Crippen LogP contribution is -1.97. The third-order valence-corrected chi connectivity index (χ3v) is 4.33. The summed E-state index contributed by atoms with van der Waals surface area (Å²) in [5.41, 5.74) is 3.74. The molecule has 0 aliphatic carbocycles. The summed E-state index contributed by atoms with van der Waals surface area (Å²) in [6, 6.07) is 20.2. The predicted molar refractivity (Wildman–Crippen MR) is 91.1 cm³/mol. The Hall–Kier alpha value is -2.59. The van der Waals surface area contributed by atoms with Crippen LogP contribution in [0.5, 0.6) is 0 Å². The first kappa shape index (κ1) is 13.1. The Kier molecular flexibility index (Phi) is 3.37. The molecular formula is C18H14N2OS. The van der Waals surface area contributed by atoms with Crippen LogP contribution in [0.4, 0.5) is 5.69 Å². The molecule has 0 atom stereocenters. The Labute approximate surface area is 132 Å². The van der Waals surface area contributed by atoms with Gasteiger partial charge in [-0.05, 0) is 41.8 Å². The van der Waals surface area contributed by atoms with Crippen molar-refractivity contribution in [1.82, 2.24) is 4.98 Å². The van der Waals surface area contributed by atoms with Crippen LogP contribution in [0.15, 0.2) is 70.5 Å². The van der Waals surface area contributed by atoms with Crippen LogP contribution in [0.3, 0.4) is 0 Å². The standard InChI is InChI=1S/C18H14N2OS/c1-2-9-17-16(8-1)20-18(21-17)13-5-3-6-14(11-13)19-12-15-7-4-10-22-15/h1-11,19H,12H2. The monoisotopic (exact) mass is 306 g/mol. The lowest BCUT2D eigenvalue weighted by Gasteiger charge is -2.05. The van der Waals surface area contributed by atoms with Crippen LogP contribution in [0.2, 0.25) is 0 Å². The maximum absolute atomic E-state index is 5.82. The number of fused-ring (bicyclic) bond motifs is 1. The van der Waals surface area contributed by atoms with Crippen molar-refractivity contribution in [3.05, 3.63) is 70.9 Å². The zero-order valence-electron chi connectivity index (χ0n) is 11.8. The van der Waals surface area contributed by atoms with E-state index in [-0.39, 0.29) is 0 Å². The molecule has 0 aliphatic rings. The summed E-state index contributed by atoms with van der Waals surface area (Å²) in [4.78, 5) is 5.85. The molecule has 3 nitrogen and oxygen atoms in total. The molecule has 0 bridgehead atoms. The van der Waals surface area contributed by atoms with Gasteiger partial charge in [-0.2, -0.15) is 0 Å². The Morgan fingerprint density at radius 3 is 2.82 bits per heavy atom. The van der Waals surface area contributed by atoms with Gasteiger partial charge in [0.1, 0.15) is 5.52 Å². The van der Waals surface area contributed by atoms with Crippen molar-refractivity contribution in [2.75, 3.05) is 5.32 Å². The number of rotatable bonds is 4. The van der Waals surface area contributed by atoms with Crippen LogP contribution in [0.25, 0.3) is 22.6 Å². The maximum atomic E-state index is 5.82. The fraction of sp³-hybridized carbons (Fsp3) is 0.0556. The van der Waals surface area contributed by atoms with Gasteiger partial charge in [-0.25, -0.2) is 4.98 Å². The minimum atomic E-state index is 0.654. The van der Waals surface area contributed by atoms with E-state index in [1.165, 1.54) is 4.88 Å². The fourth-order valence-corrected chi connectivity index (χ4v) is 3.00. The largest absolute Gasteiger partial charge is 0.436 e. The Morgan fingerprint density at radius 1 is 1.00 bits per heavy atom. The highest BCUT2D eigenvalue weighted by atomic mass is 32.1. The summed E-state index contributed by atoms with van der Waals surface area (Å²) in [7, 11) is 0. The molecule has 4 aromatic rings. The summed E-state index contributed by atoms with van der Waals surface area (Å²) in [6.07, 6.45) is 0. The molecule has 0 aliphatic heterocycles. The van der Waals surface area contributed by atoms with Crippen molar-refractivity contribution in [3.63, 3.8) is 0 Å². The Bertz CT molecular complexity index is 863. The van der Waals surface area contributed by atoms with E-state index in [9.17, 15) is 0 Å². The Balaban J connectivity index is 1.60. The van der Waals surface area contributed by atoms with Crippen molar-refractivity contribution >= 4 is 28.1 Å². The van der Waals surface area contributed by atoms with Crippen molar-refractivity contribution in [2.45, 2.75) is 6.54 Å². The number of hydrogen-bond donors (Lipinski definition) is 1. The highest BCUT2D eigenvalue weighted by Crippen LogP contribution is 2.26. The van der Waals surface area contributed by atoms with E-state index in [2.05, 4.69) is 39.9 Å². The number of anilines is 1. The molecule has 0 spiro atoms. The molecule has 4 heteroatoms. The van der Waals surface area contributed by atoms with Gasteiger partial charge in [0.25, 0.3) is 0 Å². The lowest BCUT2D eigenvalue weighted by molar-refractivity contribution is 0.620. The number of nitrogens with one attached hydrogen (secondary N) is 1. The average molecular weight is 306 g/mol.